The summed E-state index contributed by atoms with van der Waals surface area (Å²) in [5.41, 5.74) is -0.258. The van der Waals surface area contributed by atoms with Crippen LogP contribution >= 0.6 is 0 Å². The Morgan fingerprint density at radius 3 is 2.53 bits per heavy atom. The molecule has 1 atom stereocenters. The molecule has 0 aromatic heterocycles. The number of hydrogen-bond donors (Lipinski definition) is 2. The maximum atomic E-state index is 12.6. The van der Waals surface area contributed by atoms with Crippen molar-refractivity contribution >= 4 is 0 Å². The summed E-state index contributed by atoms with van der Waals surface area (Å²) < 4.78 is 18.1. The van der Waals surface area contributed by atoms with Gasteiger partial charge in [0.25, 0.3) is 0 Å². The topological polar surface area (TPSA) is 41.5 Å². The summed E-state index contributed by atoms with van der Waals surface area (Å²) in [6, 6.07) is 5.97. The van der Waals surface area contributed by atoms with E-state index in [0.717, 1.165) is 12.8 Å². The molecule has 0 saturated carbocycles. The van der Waals surface area contributed by atoms with Gasteiger partial charge in [0, 0.05) is 5.54 Å². The quantitative estimate of drug-likeness (QED) is 0.717. The van der Waals surface area contributed by atoms with Crippen LogP contribution in [0.15, 0.2) is 24.3 Å². The number of ether oxygens (including phenoxy) is 1. The molecule has 0 radical (unpaired) electrons. The molecule has 0 aliphatic heterocycles. The Hall–Kier alpha value is -1.13. The van der Waals surface area contributed by atoms with Crippen LogP contribution in [0.4, 0.5) is 4.39 Å². The summed E-state index contributed by atoms with van der Waals surface area (Å²) in [5.74, 6) is 0.405. The number of nitrogens with one attached hydrogen (secondary N) is 1. The monoisotopic (exact) mass is 241 g/mol. The Morgan fingerprint density at radius 2 is 2.00 bits per heavy atom. The lowest BCUT2D eigenvalue weighted by Gasteiger charge is -2.26. The van der Waals surface area contributed by atoms with Crippen LogP contribution in [-0.2, 0) is 0 Å². The Balaban J connectivity index is 2.26. The van der Waals surface area contributed by atoms with Crippen LogP contribution in [0.3, 0.4) is 0 Å². The van der Waals surface area contributed by atoms with Gasteiger partial charge >= 0.3 is 0 Å². The summed E-state index contributed by atoms with van der Waals surface area (Å²) in [4.78, 5) is 0. The van der Waals surface area contributed by atoms with Crippen LogP contribution in [0.1, 0.15) is 19.8 Å². The molecular formula is C13H20FNO2. The first-order valence-corrected chi connectivity index (χ1v) is 5.78. The van der Waals surface area contributed by atoms with Crippen molar-refractivity contribution in [1.29, 1.82) is 0 Å². The summed E-state index contributed by atoms with van der Waals surface area (Å²) in [6.07, 6.45) is 1.65. The van der Waals surface area contributed by atoms with Crippen molar-refractivity contribution in [3.63, 3.8) is 0 Å². The second kappa shape index (κ2) is 6.57. The second-order valence-corrected chi connectivity index (χ2v) is 4.37. The largest absolute Gasteiger partial charge is 0.494 e. The fraction of sp³-hybridized carbons (Fsp3) is 0.538. The highest BCUT2D eigenvalue weighted by Crippen LogP contribution is 2.14. The number of rotatable bonds is 7. The molecule has 0 aliphatic carbocycles. The number of aliphatic hydroxyl groups excluding tert-OH is 1. The SMILES string of the molecule is CNC(C)(CO)CCCOc1ccc(F)cc1. The number of benzene rings is 1. The van der Waals surface area contributed by atoms with E-state index in [1.807, 2.05) is 14.0 Å². The lowest BCUT2D eigenvalue weighted by atomic mass is 9.97. The Morgan fingerprint density at radius 1 is 1.35 bits per heavy atom. The van der Waals surface area contributed by atoms with Gasteiger partial charge in [-0.25, -0.2) is 4.39 Å². The fourth-order valence-corrected chi connectivity index (χ4v) is 1.47. The summed E-state index contributed by atoms with van der Waals surface area (Å²) >= 11 is 0. The molecule has 1 rings (SSSR count). The van der Waals surface area contributed by atoms with E-state index in [1.165, 1.54) is 12.1 Å². The zero-order valence-corrected chi connectivity index (χ0v) is 10.4. The van der Waals surface area contributed by atoms with E-state index in [-0.39, 0.29) is 18.0 Å². The third-order valence-corrected chi connectivity index (χ3v) is 2.91. The molecule has 0 saturated heterocycles. The molecule has 1 aromatic carbocycles. The van der Waals surface area contributed by atoms with Gasteiger partial charge < -0.3 is 15.2 Å². The second-order valence-electron chi connectivity index (χ2n) is 4.37. The number of likely N-dealkylation sites (N-methyl/N-ethyl adjacent to an activating group) is 1. The van der Waals surface area contributed by atoms with Crippen molar-refractivity contribution in [2.75, 3.05) is 20.3 Å². The molecule has 3 nitrogen and oxygen atoms in total. The average Bonchev–Trinajstić information content (AvgIpc) is 2.36. The van der Waals surface area contributed by atoms with Crippen LogP contribution in [0, 0.1) is 5.82 Å². The van der Waals surface area contributed by atoms with E-state index in [2.05, 4.69) is 5.32 Å². The first kappa shape index (κ1) is 13.9. The highest BCUT2D eigenvalue weighted by Gasteiger charge is 2.19. The average molecular weight is 241 g/mol. The minimum atomic E-state index is -0.264. The van der Waals surface area contributed by atoms with Gasteiger partial charge in [0.05, 0.1) is 13.2 Å². The lowest BCUT2D eigenvalue weighted by Crippen LogP contribution is -2.43. The highest BCUT2D eigenvalue weighted by atomic mass is 19.1. The third kappa shape index (κ3) is 4.71. The number of halogens is 1. The minimum absolute atomic E-state index is 0.0973. The van der Waals surface area contributed by atoms with Crippen molar-refractivity contribution in [3.05, 3.63) is 30.1 Å². The highest BCUT2D eigenvalue weighted by molar-refractivity contribution is 5.21. The van der Waals surface area contributed by atoms with Gasteiger partial charge in [-0.2, -0.15) is 0 Å². The predicted octanol–water partition coefficient (Wildman–Crippen LogP) is 1.96. The van der Waals surface area contributed by atoms with E-state index in [4.69, 9.17) is 4.74 Å². The Labute approximate surface area is 102 Å². The van der Waals surface area contributed by atoms with Crippen LogP contribution in [-0.4, -0.2) is 30.9 Å². The lowest BCUT2D eigenvalue weighted by molar-refractivity contribution is 0.163. The van der Waals surface area contributed by atoms with Gasteiger partial charge in [-0.3, -0.25) is 0 Å². The van der Waals surface area contributed by atoms with Crippen LogP contribution in [0.5, 0.6) is 5.75 Å². The molecule has 17 heavy (non-hydrogen) atoms. The Bertz CT molecular complexity index is 323. The van der Waals surface area contributed by atoms with Gasteiger partial charge in [0.1, 0.15) is 11.6 Å². The van der Waals surface area contributed by atoms with Crippen LogP contribution in [0.25, 0.3) is 0 Å². The van der Waals surface area contributed by atoms with Gasteiger partial charge in [-0.05, 0) is 51.1 Å². The van der Waals surface area contributed by atoms with Gasteiger partial charge in [-0.15, -0.1) is 0 Å². The number of aliphatic hydroxyl groups is 1. The van der Waals surface area contributed by atoms with E-state index in [0.29, 0.717) is 12.4 Å². The van der Waals surface area contributed by atoms with E-state index < -0.39 is 0 Å². The molecule has 4 heteroatoms. The predicted molar refractivity (Wildman–Crippen MR) is 65.7 cm³/mol. The first-order chi connectivity index (χ1) is 8.09. The molecular weight excluding hydrogens is 221 g/mol. The van der Waals surface area contributed by atoms with Crippen LogP contribution in [0.2, 0.25) is 0 Å². The van der Waals surface area contributed by atoms with E-state index in [1.54, 1.807) is 12.1 Å². The van der Waals surface area contributed by atoms with E-state index >= 15 is 0 Å². The fourth-order valence-electron chi connectivity index (χ4n) is 1.47. The van der Waals surface area contributed by atoms with Gasteiger partial charge in [0.2, 0.25) is 0 Å². The summed E-state index contributed by atoms with van der Waals surface area (Å²) in [5, 5.41) is 12.3. The summed E-state index contributed by atoms with van der Waals surface area (Å²) in [7, 11) is 1.83. The van der Waals surface area contributed by atoms with Crippen LogP contribution < -0.4 is 10.1 Å². The smallest absolute Gasteiger partial charge is 0.123 e. The normalized spacial score (nSPS) is 14.4. The molecule has 0 fully saturated rings. The molecule has 0 bridgehead atoms. The molecule has 0 amide bonds. The zero-order chi connectivity index (χ0) is 12.7. The maximum absolute atomic E-state index is 12.6. The third-order valence-electron chi connectivity index (χ3n) is 2.91. The molecule has 96 valence electrons. The number of hydrogen-bond acceptors (Lipinski definition) is 3. The van der Waals surface area contributed by atoms with Crippen molar-refractivity contribution < 1.29 is 14.2 Å². The van der Waals surface area contributed by atoms with Crippen molar-refractivity contribution in [1.82, 2.24) is 5.32 Å². The molecule has 0 heterocycles. The molecule has 2 N–H and O–H groups in total. The maximum Gasteiger partial charge on any atom is 0.123 e. The zero-order valence-electron chi connectivity index (χ0n) is 10.4. The van der Waals surface area contributed by atoms with E-state index in [9.17, 15) is 9.50 Å². The van der Waals surface area contributed by atoms with Crippen molar-refractivity contribution in [2.45, 2.75) is 25.3 Å². The first-order valence-electron chi connectivity index (χ1n) is 5.78. The minimum Gasteiger partial charge on any atom is -0.494 e. The molecule has 0 spiro atoms. The molecule has 1 unspecified atom stereocenters. The van der Waals surface area contributed by atoms with Gasteiger partial charge in [0.15, 0.2) is 0 Å². The summed E-state index contributed by atoms with van der Waals surface area (Å²) in [6.45, 7) is 2.62. The molecule has 1 aromatic rings. The van der Waals surface area contributed by atoms with Crippen molar-refractivity contribution in [3.8, 4) is 5.75 Å². The van der Waals surface area contributed by atoms with Gasteiger partial charge in [-0.1, -0.05) is 0 Å². The Kier molecular flexibility index (Phi) is 5.38. The molecule has 0 aliphatic rings. The standard InChI is InChI=1S/C13H20FNO2/c1-13(10-16,15-2)8-3-9-17-12-6-4-11(14)5-7-12/h4-7,15-16H,3,8-10H2,1-2H3. The van der Waals surface area contributed by atoms with Crippen molar-refractivity contribution in [2.24, 2.45) is 0 Å².